The molecule has 2 aromatic rings. The number of halogens is 3. The quantitative estimate of drug-likeness (QED) is 0.704. The predicted octanol–water partition coefficient (Wildman–Crippen LogP) is 3.06. The first-order valence-electron chi connectivity index (χ1n) is 7.71. The molecule has 0 saturated carbocycles. The molecule has 0 radical (unpaired) electrons. The van der Waals surface area contributed by atoms with Crippen molar-refractivity contribution in [3.05, 3.63) is 70.2 Å². The van der Waals surface area contributed by atoms with E-state index in [1.165, 1.54) is 0 Å². The van der Waals surface area contributed by atoms with Crippen LogP contribution in [0.15, 0.2) is 42.5 Å². The summed E-state index contributed by atoms with van der Waals surface area (Å²) in [4.78, 5) is 12.2. The lowest BCUT2D eigenvalue weighted by atomic mass is 9.97. The van der Waals surface area contributed by atoms with Gasteiger partial charge >= 0.3 is 0 Å². The standard InChI is InChI=1S/C18H19ClF2N2O2/c1-25-9-8-22-11-17(24)23-18(13-4-2-3-5-15(13)19)14-10-12(20)6-7-16(14)21/h2-7,10,18,22H,8-9,11H2,1H3,(H,23,24). The van der Waals surface area contributed by atoms with Gasteiger partial charge in [-0.3, -0.25) is 4.79 Å². The van der Waals surface area contributed by atoms with Crippen LogP contribution in [-0.2, 0) is 9.53 Å². The van der Waals surface area contributed by atoms with Gasteiger partial charge in [0.05, 0.1) is 19.2 Å². The van der Waals surface area contributed by atoms with Crippen molar-refractivity contribution >= 4 is 17.5 Å². The summed E-state index contributed by atoms with van der Waals surface area (Å²) in [7, 11) is 1.56. The predicted molar refractivity (Wildman–Crippen MR) is 92.5 cm³/mol. The lowest BCUT2D eigenvalue weighted by Gasteiger charge is -2.21. The minimum atomic E-state index is -0.902. The van der Waals surface area contributed by atoms with Crippen LogP contribution in [-0.4, -0.2) is 32.7 Å². The molecule has 0 fully saturated rings. The Morgan fingerprint density at radius 2 is 1.96 bits per heavy atom. The molecule has 0 aliphatic heterocycles. The molecular weight excluding hydrogens is 350 g/mol. The monoisotopic (exact) mass is 368 g/mol. The Hall–Kier alpha value is -2.02. The van der Waals surface area contributed by atoms with Crippen molar-refractivity contribution in [1.82, 2.24) is 10.6 Å². The molecule has 0 aromatic heterocycles. The maximum atomic E-state index is 14.2. The van der Waals surface area contributed by atoms with Gasteiger partial charge in [-0.1, -0.05) is 29.8 Å². The van der Waals surface area contributed by atoms with Crippen LogP contribution in [0.2, 0.25) is 5.02 Å². The second-order valence-corrected chi connectivity index (χ2v) is 5.76. The minimum Gasteiger partial charge on any atom is -0.383 e. The van der Waals surface area contributed by atoms with E-state index in [9.17, 15) is 13.6 Å². The fraction of sp³-hybridized carbons (Fsp3) is 0.278. The highest BCUT2D eigenvalue weighted by Gasteiger charge is 2.22. The first kappa shape index (κ1) is 19.3. The molecule has 2 N–H and O–H groups in total. The zero-order valence-electron chi connectivity index (χ0n) is 13.7. The topological polar surface area (TPSA) is 50.4 Å². The van der Waals surface area contributed by atoms with Crippen molar-refractivity contribution in [3.8, 4) is 0 Å². The highest BCUT2D eigenvalue weighted by atomic mass is 35.5. The molecule has 0 bridgehead atoms. The Morgan fingerprint density at radius 1 is 1.20 bits per heavy atom. The molecule has 0 aliphatic carbocycles. The molecule has 2 aromatic carbocycles. The number of hydrogen-bond donors (Lipinski definition) is 2. The highest BCUT2D eigenvalue weighted by molar-refractivity contribution is 6.31. The SMILES string of the molecule is COCCNCC(=O)NC(c1cc(F)ccc1F)c1ccccc1Cl. The van der Waals surface area contributed by atoms with E-state index >= 15 is 0 Å². The summed E-state index contributed by atoms with van der Waals surface area (Å²) in [6, 6.07) is 8.94. The largest absolute Gasteiger partial charge is 0.383 e. The normalized spacial score (nSPS) is 12.0. The zero-order chi connectivity index (χ0) is 18.2. The molecule has 1 unspecified atom stereocenters. The fourth-order valence-electron chi connectivity index (χ4n) is 2.36. The molecule has 7 heteroatoms. The average molecular weight is 369 g/mol. The molecule has 0 heterocycles. The zero-order valence-corrected chi connectivity index (χ0v) is 14.4. The van der Waals surface area contributed by atoms with Crippen LogP contribution in [0.5, 0.6) is 0 Å². The van der Waals surface area contributed by atoms with Gasteiger partial charge in [-0.2, -0.15) is 0 Å². The number of amides is 1. The van der Waals surface area contributed by atoms with E-state index in [0.29, 0.717) is 23.7 Å². The summed E-state index contributed by atoms with van der Waals surface area (Å²) in [6.45, 7) is 0.968. The van der Waals surface area contributed by atoms with E-state index in [4.69, 9.17) is 16.3 Å². The van der Waals surface area contributed by atoms with Gasteiger partial charge in [-0.05, 0) is 29.8 Å². The number of nitrogens with one attached hydrogen (secondary N) is 2. The number of rotatable bonds is 8. The first-order valence-corrected chi connectivity index (χ1v) is 8.09. The summed E-state index contributed by atoms with van der Waals surface area (Å²) in [5.74, 6) is -1.59. The number of hydrogen-bond acceptors (Lipinski definition) is 3. The van der Waals surface area contributed by atoms with E-state index in [1.807, 2.05) is 0 Å². The Kier molecular flexibility index (Phi) is 7.31. The smallest absolute Gasteiger partial charge is 0.234 e. The second-order valence-electron chi connectivity index (χ2n) is 5.36. The first-order chi connectivity index (χ1) is 12.0. The Morgan fingerprint density at radius 3 is 2.68 bits per heavy atom. The molecule has 0 aliphatic rings. The number of carbonyl (C=O) groups is 1. The van der Waals surface area contributed by atoms with Crippen LogP contribution in [0.4, 0.5) is 8.78 Å². The lowest BCUT2D eigenvalue weighted by molar-refractivity contribution is -0.120. The third-order valence-corrected chi connectivity index (χ3v) is 3.90. The maximum Gasteiger partial charge on any atom is 0.234 e. The van der Waals surface area contributed by atoms with Gasteiger partial charge in [0.2, 0.25) is 5.91 Å². The van der Waals surface area contributed by atoms with Crippen molar-refractivity contribution in [3.63, 3.8) is 0 Å². The number of benzene rings is 2. The van der Waals surface area contributed by atoms with Gasteiger partial charge < -0.3 is 15.4 Å². The van der Waals surface area contributed by atoms with Gasteiger partial charge in [0.25, 0.3) is 0 Å². The summed E-state index contributed by atoms with van der Waals surface area (Å²) in [5, 5.41) is 5.95. The van der Waals surface area contributed by atoms with Gasteiger partial charge in [0, 0.05) is 24.2 Å². The second kappa shape index (κ2) is 9.46. The molecular formula is C18H19ClF2N2O2. The van der Waals surface area contributed by atoms with Crippen LogP contribution < -0.4 is 10.6 Å². The maximum absolute atomic E-state index is 14.2. The molecule has 134 valence electrons. The van der Waals surface area contributed by atoms with E-state index in [0.717, 1.165) is 18.2 Å². The molecule has 4 nitrogen and oxygen atoms in total. The lowest BCUT2D eigenvalue weighted by Crippen LogP contribution is -2.38. The molecule has 25 heavy (non-hydrogen) atoms. The molecule has 0 saturated heterocycles. The van der Waals surface area contributed by atoms with Crippen LogP contribution >= 0.6 is 11.6 Å². The van der Waals surface area contributed by atoms with Crippen LogP contribution in [0.1, 0.15) is 17.2 Å². The van der Waals surface area contributed by atoms with Crippen molar-refractivity contribution < 1.29 is 18.3 Å². The number of methoxy groups -OCH3 is 1. The van der Waals surface area contributed by atoms with Crippen molar-refractivity contribution in [2.24, 2.45) is 0 Å². The summed E-state index contributed by atoms with van der Waals surface area (Å²) < 4.78 is 32.7. The van der Waals surface area contributed by atoms with Crippen LogP contribution in [0.25, 0.3) is 0 Å². The minimum absolute atomic E-state index is 0.0124. The average Bonchev–Trinajstić information content (AvgIpc) is 2.60. The fourth-order valence-corrected chi connectivity index (χ4v) is 2.60. The Bertz CT molecular complexity index is 728. The van der Waals surface area contributed by atoms with E-state index < -0.39 is 17.7 Å². The van der Waals surface area contributed by atoms with Crippen molar-refractivity contribution in [2.45, 2.75) is 6.04 Å². The van der Waals surface area contributed by atoms with Gasteiger partial charge in [-0.25, -0.2) is 8.78 Å². The Balaban J connectivity index is 2.26. The summed E-state index contributed by atoms with van der Waals surface area (Å²) in [5.41, 5.74) is 0.497. The van der Waals surface area contributed by atoms with E-state index in [-0.39, 0.29) is 18.0 Å². The van der Waals surface area contributed by atoms with Crippen LogP contribution in [0, 0.1) is 11.6 Å². The highest BCUT2D eigenvalue weighted by Crippen LogP contribution is 2.30. The van der Waals surface area contributed by atoms with Gasteiger partial charge in [0.15, 0.2) is 0 Å². The third kappa shape index (κ3) is 5.49. The van der Waals surface area contributed by atoms with E-state index in [2.05, 4.69) is 10.6 Å². The van der Waals surface area contributed by atoms with Gasteiger partial charge in [-0.15, -0.1) is 0 Å². The van der Waals surface area contributed by atoms with Crippen LogP contribution in [0.3, 0.4) is 0 Å². The summed E-state index contributed by atoms with van der Waals surface area (Å²) in [6.07, 6.45) is 0. The molecule has 1 atom stereocenters. The number of carbonyl (C=O) groups excluding carboxylic acids is 1. The van der Waals surface area contributed by atoms with Crippen molar-refractivity contribution in [1.29, 1.82) is 0 Å². The summed E-state index contributed by atoms with van der Waals surface area (Å²) >= 11 is 6.19. The number of ether oxygens (including phenoxy) is 1. The van der Waals surface area contributed by atoms with Crippen molar-refractivity contribution in [2.75, 3.05) is 26.8 Å². The Labute approximate surface area is 150 Å². The van der Waals surface area contributed by atoms with Gasteiger partial charge in [0.1, 0.15) is 11.6 Å². The van der Waals surface area contributed by atoms with E-state index in [1.54, 1.807) is 31.4 Å². The molecule has 0 spiro atoms. The third-order valence-electron chi connectivity index (χ3n) is 3.56. The molecule has 1 amide bonds. The molecule has 2 rings (SSSR count).